The van der Waals surface area contributed by atoms with Gasteiger partial charge in [-0.3, -0.25) is 10.1 Å². The minimum Gasteiger partial charge on any atom is -0.493 e. The third-order valence-corrected chi connectivity index (χ3v) is 5.57. The zero-order valence-electron chi connectivity index (χ0n) is 19.8. The first kappa shape index (κ1) is 24.0. The van der Waals surface area contributed by atoms with Gasteiger partial charge in [0.15, 0.2) is 16.6 Å². The number of aryl methyl sites for hydroxylation is 1. The molecule has 9 nitrogen and oxygen atoms in total. The molecule has 1 aromatic heterocycles. The van der Waals surface area contributed by atoms with Crippen LogP contribution in [0.2, 0.25) is 0 Å². The first-order valence-corrected chi connectivity index (χ1v) is 11.2. The summed E-state index contributed by atoms with van der Waals surface area (Å²) >= 11 is 5.34. The van der Waals surface area contributed by atoms with Crippen molar-refractivity contribution in [2.45, 2.75) is 13.3 Å². The van der Waals surface area contributed by atoms with Crippen LogP contribution in [0, 0.1) is 0 Å². The fourth-order valence-electron chi connectivity index (χ4n) is 3.52. The maximum atomic E-state index is 12.8. The Bertz CT molecular complexity index is 1360. The number of carbonyl (C=O) groups excluding carboxylic acids is 1. The maximum Gasteiger partial charge on any atom is 0.257 e. The molecule has 4 aromatic rings. The van der Waals surface area contributed by atoms with Crippen LogP contribution < -0.4 is 24.8 Å². The van der Waals surface area contributed by atoms with E-state index in [1.165, 1.54) is 26.9 Å². The van der Waals surface area contributed by atoms with Gasteiger partial charge in [-0.25, -0.2) is 0 Å². The van der Waals surface area contributed by atoms with Gasteiger partial charge in [0, 0.05) is 11.3 Å². The highest BCUT2D eigenvalue weighted by Crippen LogP contribution is 2.38. The zero-order chi connectivity index (χ0) is 24.9. The van der Waals surface area contributed by atoms with Gasteiger partial charge in [0.25, 0.3) is 5.91 Å². The van der Waals surface area contributed by atoms with Crippen LogP contribution >= 0.6 is 12.2 Å². The molecule has 180 valence electrons. The number of rotatable bonds is 7. The smallest absolute Gasteiger partial charge is 0.257 e. The van der Waals surface area contributed by atoms with Crippen molar-refractivity contribution in [2.75, 3.05) is 26.6 Å². The predicted octanol–water partition coefficient (Wildman–Crippen LogP) is 4.14. The fraction of sp³-hybridized carbons (Fsp3) is 0.200. The van der Waals surface area contributed by atoms with Gasteiger partial charge >= 0.3 is 0 Å². The number of hydrogen-bond donors (Lipinski definition) is 2. The lowest BCUT2D eigenvalue weighted by molar-refractivity contribution is 0.0977. The lowest BCUT2D eigenvalue weighted by Crippen LogP contribution is -2.34. The van der Waals surface area contributed by atoms with Gasteiger partial charge in [0.2, 0.25) is 5.75 Å². The SMILES string of the molecule is CCc1ccc(-n2nc3ccc(NC(=S)NC(=O)c4cc(OC)c(OC)c(OC)c4)cc3n2)cc1. The number of methoxy groups -OCH3 is 3. The van der Waals surface area contributed by atoms with Crippen molar-refractivity contribution in [1.29, 1.82) is 0 Å². The number of thiocarbonyl (C=S) groups is 1. The lowest BCUT2D eigenvalue weighted by atomic mass is 10.1. The molecule has 0 atom stereocenters. The summed E-state index contributed by atoms with van der Waals surface area (Å²) in [5, 5.41) is 14.9. The lowest BCUT2D eigenvalue weighted by Gasteiger charge is -2.14. The molecular weight excluding hydrogens is 466 g/mol. The van der Waals surface area contributed by atoms with E-state index in [2.05, 4.69) is 39.9 Å². The van der Waals surface area contributed by atoms with Crippen LogP contribution in [0.25, 0.3) is 16.7 Å². The van der Waals surface area contributed by atoms with E-state index in [0.29, 0.717) is 34.0 Å². The second-order valence-corrected chi connectivity index (χ2v) is 7.94. The third-order valence-electron chi connectivity index (χ3n) is 5.37. The van der Waals surface area contributed by atoms with E-state index in [-0.39, 0.29) is 5.11 Å². The number of benzene rings is 3. The molecule has 1 amide bonds. The summed E-state index contributed by atoms with van der Waals surface area (Å²) in [6.45, 7) is 2.11. The Morgan fingerprint density at radius 1 is 0.914 bits per heavy atom. The first-order chi connectivity index (χ1) is 16.9. The summed E-state index contributed by atoms with van der Waals surface area (Å²) in [6, 6.07) is 16.7. The van der Waals surface area contributed by atoms with Crippen LogP contribution in [0.15, 0.2) is 54.6 Å². The average Bonchev–Trinajstić information content (AvgIpc) is 3.31. The van der Waals surface area contributed by atoms with E-state index in [1.807, 2.05) is 30.3 Å². The van der Waals surface area contributed by atoms with Crippen molar-refractivity contribution in [3.05, 3.63) is 65.7 Å². The highest BCUT2D eigenvalue weighted by molar-refractivity contribution is 7.80. The van der Waals surface area contributed by atoms with Gasteiger partial charge in [-0.15, -0.1) is 10.2 Å². The minimum atomic E-state index is -0.427. The molecule has 0 fully saturated rings. The molecule has 0 aliphatic heterocycles. The second-order valence-electron chi connectivity index (χ2n) is 7.54. The number of nitrogens with zero attached hydrogens (tertiary/aromatic N) is 3. The standard InChI is InChI=1S/C25H25N5O4S/c1-5-15-6-9-18(10-7-15)30-28-19-11-8-17(14-20(19)29-30)26-25(35)27-24(31)16-12-21(32-2)23(34-4)22(13-16)33-3/h6-14H,5H2,1-4H3,(H2,26,27,31,35). The van der Waals surface area contributed by atoms with Crippen LogP contribution in [-0.2, 0) is 6.42 Å². The molecule has 0 saturated heterocycles. The molecule has 0 unspecified atom stereocenters. The number of carbonyl (C=O) groups is 1. The highest BCUT2D eigenvalue weighted by atomic mass is 32.1. The van der Waals surface area contributed by atoms with Crippen LogP contribution in [0.1, 0.15) is 22.8 Å². The van der Waals surface area contributed by atoms with Crippen molar-refractivity contribution >= 4 is 40.0 Å². The van der Waals surface area contributed by atoms with Crippen molar-refractivity contribution < 1.29 is 19.0 Å². The Hall–Kier alpha value is -4.18. The topological polar surface area (TPSA) is 99.5 Å². The number of aromatic nitrogens is 3. The van der Waals surface area contributed by atoms with Crippen LogP contribution in [0.5, 0.6) is 17.2 Å². The molecule has 4 rings (SSSR count). The summed E-state index contributed by atoms with van der Waals surface area (Å²) in [4.78, 5) is 14.4. The van der Waals surface area contributed by atoms with Gasteiger partial charge in [0.1, 0.15) is 11.0 Å². The van der Waals surface area contributed by atoms with Gasteiger partial charge in [-0.1, -0.05) is 19.1 Å². The third kappa shape index (κ3) is 5.17. The van der Waals surface area contributed by atoms with E-state index in [9.17, 15) is 4.79 Å². The van der Waals surface area contributed by atoms with E-state index in [4.69, 9.17) is 26.4 Å². The van der Waals surface area contributed by atoms with Gasteiger partial charge in [-0.2, -0.15) is 4.80 Å². The first-order valence-electron chi connectivity index (χ1n) is 10.8. The Morgan fingerprint density at radius 2 is 1.57 bits per heavy atom. The van der Waals surface area contributed by atoms with Crippen molar-refractivity contribution in [3.63, 3.8) is 0 Å². The summed E-state index contributed by atoms with van der Waals surface area (Å²) in [5.41, 5.74) is 4.52. The Balaban J connectivity index is 1.48. The van der Waals surface area contributed by atoms with E-state index in [1.54, 1.807) is 16.9 Å². The van der Waals surface area contributed by atoms with E-state index < -0.39 is 5.91 Å². The Morgan fingerprint density at radius 3 is 2.17 bits per heavy atom. The Kier molecular flexibility index (Phi) is 7.11. The molecule has 0 spiro atoms. The summed E-state index contributed by atoms with van der Waals surface area (Å²) in [6.07, 6.45) is 0.972. The number of hydrogen-bond acceptors (Lipinski definition) is 7. The molecule has 35 heavy (non-hydrogen) atoms. The fourth-order valence-corrected chi connectivity index (χ4v) is 3.73. The normalized spacial score (nSPS) is 10.6. The Labute approximate surface area is 208 Å². The molecule has 2 N–H and O–H groups in total. The molecule has 0 bridgehead atoms. The van der Waals surface area contributed by atoms with Crippen molar-refractivity contribution in [1.82, 2.24) is 20.3 Å². The molecule has 10 heteroatoms. The number of amides is 1. The molecule has 0 saturated carbocycles. The maximum absolute atomic E-state index is 12.8. The number of nitrogens with one attached hydrogen (secondary N) is 2. The molecule has 3 aromatic carbocycles. The molecular formula is C25H25N5O4S. The van der Waals surface area contributed by atoms with Gasteiger partial charge in [-0.05, 0) is 66.7 Å². The van der Waals surface area contributed by atoms with E-state index >= 15 is 0 Å². The van der Waals surface area contributed by atoms with Gasteiger partial charge in [0.05, 0.1) is 27.0 Å². The molecule has 0 aliphatic rings. The molecule has 0 radical (unpaired) electrons. The predicted molar refractivity (Wildman–Crippen MR) is 138 cm³/mol. The summed E-state index contributed by atoms with van der Waals surface area (Å²) in [7, 11) is 4.46. The van der Waals surface area contributed by atoms with Crippen molar-refractivity contribution in [2.24, 2.45) is 0 Å². The van der Waals surface area contributed by atoms with Crippen LogP contribution in [0.4, 0.5) is 5.69 Å². The molecule has 1 heterocycles. The minimum absolute atomic E-state index is 0.130. The number of fused-ring (bicyclic) bond motifs is 1. The van der Waals surface area contributed by atoms with Crippen LogP contribution in [0.3, 0.4) is 0 Å². The zero-order valence-corrected chi connectivity index (χ0v) is 20.6. The summed E-state index contributed by atoms with van der Waals surface area (Å²) < 4.78 is 15.9. The largest absolute Gasteiger partial charge is 0.493 e. The number of anilines is 1. The van der Waals surface area contributed by atoms with Crippen LogP contribution in [-0.4, -0.2) is 47.3 Å². The molecule has 0 aliphatic carbocycles. The van der Waals surface area contributed by atoms with Crippen molar-refractivity contribution in [3.8, 4) is 22.9 Å². The monoisotopic (exact) mass is 491 g/mol. The second kappa shape index (κ2) is 10.4. The average molecular weight is 492 g/mol. The van der Waals surface area contributed by atoms with Gasteiger partial charge < -0.3 is 19.5 Å². The number of ether oxygens (including phenoxy) is 3. The quantitative estimate of drug-likeness (QED) is 0.372. The highest BCUT2D eigenvalue weighted by Gasteiger charge is 2.18. The summed E-state index contributed by atoms with van der Waals surface area (Å²) in [5.74, 6) is 0.710. The van der Waals surface area contributed by atoms with E-state index in [0.717, 1.165) is 17.6 Å².